The Bertz CT molecular complexity index is 1950. The molecule has 42 heavy (non-hydrogen) atoms. The highest BCUT2D eigenvalue weighted by molar-refractivity contribution is 7.00. The maximum Gasteiger partial charge on any atom is 0.259 e. The molecule has 1 fully saturated rings. The molecule has 3 nitrogen and oxygen atoms in total. The second-order valence-electron chi connectivity index (χ2n) is 14.5. The molecule has 0 saturated heterocycles. The first-order valence-corrected chi connectivity index (χ1v) is 15.7. The number of nitrogens with zero attached hydrogens (tertiary/aromatic N) is 2. The van der Waals surface area contributed by atoms with E-state index in [4.69, 9.17) is 4.74 Å². The number of hydrogen-bond donors (Lipinski definition) is 0. The minimum atomic E-state index is 0.0250. The van der Waals surface area contributed by atoms with Crippen molar-refractivity contribution in [2.24, 2.45) is 0 Å². The first-order chi connectivity index (χ1) is 20.2. The molecule has 4 heteroatoms. The number of fused-ring (bicyclic) bond motifs is 9. The van der Waals surface area contributed by atoms with Gasteiger partial charge >= 0.3 is 0 Å². The number of aromatic nitrogens is 1. The first-order valence-electron chi connectivity index (χ1n) is 15.7. The van der Waals surface area contributed by atoms with Crippen LogP contribution in [0.15, 0.2) is 84.9 Å². The molecule has 1 saturated carbocycles. The van der Waals surface area contributed by atoms with Crippen LogP contribution < -0.4 is 26.0 Å². The molecule has 0 N–H and O–H groups in total. The number of para-hydroxylation sites is 2. The molecule has 4 heterocycles. The standard InChI is InChI=1S/C38H37BN2O/c1-36(2,3)24-22-27-34-28(23-24)39-32-26-16-9-10-17-29(26)40(25-14-7-6-8-15-25)35(32)42-31-19-13-18-30(33(31)39)41(34)38(5)21-12-11-20-37(27,38)4/h6-10,13-19,22-23H,11-12,20-21H2,1-5H3. The molecule has 5 aromatic rings. The number of hydrogen-bond acceptors (Lipinski definition) is 2. The minimum Gasteiger partial charge on any atom is -0.441 e. The molecule has 4 aliphatic rings. The fraction of sp³-hybridized carbons (Fsp3) is 0.316. The predicted molar refractivity (Wildman–Crippen MR) is 176 cm³/mol. The SMILES string of the molecule is CC(C)(C)c1cc2c3c(c1)C1(C)CCCCC1(C)N3c1cccc3c1B2c1c(n(-c2ccccc2)c2ccccc12)O3. The van der Waals surface area contributed by atoms with Crippen LogP contribution >= 0.6 is 0 Å². The summed E-state index contributed by atoms with van der Waals surface area (Å²) < 4.78 is 9.38. The minimum absolute atomic E-state index is 0.0250. The molecule has 0 spiro atoms. The van der Waals surface area contributed by atoms with Crippen LogP contribution in [0.5, 0.6) is 11.6 Å². The van der Waals surface area contributed by atoms with E-state index >= 15 is 0 Å². The molecule has 208 valence electrons. The lowest BCUT2D eigenvalue weighted by Crippen LogP contribution is -2.63. The van der Waals surface area contributed by atoms with Gasteiger partial charge < -0.3 is 9.64 Å². The Balaban J connectivity index is 1.44. The second-order valence-corrected chi connectivity index (χ2v) is 14.5. The van der Waals surface area contributed by atoms with E-state index < -0.39 is 0 Å². The number of rotatable bonds is 1. The third kappa shape index (κ3) is 2.84. The van der Waals surface area contributed by atoms with Crippen molar-refractivity contribution in [2.45, 2.75) is 76.7 Å². The van der Waals surface area contributed by atoms with Crippen molar-refractivity contribution in [3.8, 4) is 17.3 Å². The summed E-state index contributed by atoms with van der Waals surface area (Å²) >= 11 is 0. The predicted octanol–water partition coefficient (Wildman–Crippen LogP) is 7.61. The summed E-state index contributed by atoms with van der Waals surface area (Å²) in [5.41, 5.74) is 12.4. The van der Waals surface area contributed by atoms with Crippen molar-refractivity contribution in [3.05, 3.63) is 96.1 Å². The Morgan fingerprint density at radius 1 is 0.810 bits per heavy atom. The van der Waals surface area contributed by atoms with E-state index in [2.05, 4.69) is 129 Å². The van der Waals surface area contributed by atoms with Gasteiger partial charge in [-0.1, -0.05) is 95.1 Å². The lowest BCUT2D eigenvalue weighted by atomic mass is 9.34. The largest absolute Gasteiger partial charge is 0.441 e. The molecule has 0 amide bonds. The highest BCUT2D eigenvalue weighted by Crippen LogP contribution is 2.62. The van der Waals surface area contributed by atoms with Crippen molar-refractivity contribution in [2.75, 3.05) is 4.90 Å². The van der Waals surface area contributed by atoms with Gasteiger partial charge in [-0.15, -0.1) is 0 Å². The lowest BCUT2D eigenvalue weighted by molar-refractivity contribution is 0.195. The van der Waals surface area contributed by atoms with Crippen LogP contribution in [0.2, 0.25) is 0 Å². The van der Waals surface area contributed by atoms with E-state index in [1.807, 2.05) is 0 Å². The molecule has 4 aromatic carbocycles. The van der Waals surface area contributed by atoms with E-state index in [1.165, 1.54) is 69.9 Å². The maximum absolute atomic E-state index is 7.05. The zero-order valence-corrected chi connectivity index (χ0v) is 25.3. The van der Waals surface area contributed by atoms with Crippen LogP contribution in [-0.4, -0.2) is 16.8 Å². The van der Waals surface area contributed by atoms with Crippen molar-refractivity contribution in [1.29, 1.82) is 0 Å². The summed E-state index contributed by atoms with van der Waals surface area (Å²) in [6.07, 6.45) is 5.01. The fourth-order valence-electron chi connectivity index (χ4n) is 9.01. The quantitative estimate of drug-likeness (QED) is 0.197. The Hall–Kier alpha value is -3.92. The van der Waals surface area contributed by atoms with Gasteiger partial charge in [-0.05, 0) is 83.0 Å². The lowest BCUT2D eigenvalue weighted by Gasteiger charge is -2.52. The molecular weight excluding hydrogens is 511 g/mol. The van der Waals surface area contributed by atoms with Crippen molar-refractivity contribution in [1.82, 2.24) is 4.57 Å². The van der Waals surface area contributed by atoms with E-state index in [0.29, 0.717) is 0 Å². The number of ether oxygens (including phenoxy) is 1. The smallest absolute Gasteiger partial charge is 0.259 e. The van der Waals surface area contributed by atoms with Crippen molar-refractivity contribution >= 4 is 45.4 Å². The third-order valence-corrected chi connectivity index (χ3v) is 11.4. The molecule has 1 aromatic heterocycles. The zero-order valence-electron chi connectivity index (χ0n) is 25.3. The zero-order chi connectivity index (χ0) is 28.6. The first kappa shape index (κ1) is 24.7. The molecular formula is C38H37BN2O. The average molecular weight is 549 g/mol. The highest BCUT2D eigenvalue weighted by Gasteiger charge is 2.61. The molecule has 2 atom stereocenters. The van der Waals surface area contributed by atoms with E-state index in [-0.39, 0.29) is 23.1 Å². The Labute approximate surface area is 249 Å². The second kappa shape index (κ2) is 7.92. The average Bonchev–Trinajstić information content (AvgIpc) is 3.42. The molecule has 1 aliphatic carbocycles. The van der Waals surface area contributed by atoms with Crippen molar-refractivity contribution in [3.63, 3.8) is 0 Å². The van der Waals surface area contributed by atoms with E-state index in [9.17, 15) is 0 Å². The van der Waals surface area contributed by atoms with Gasteiger partial charge in [-0.3, -0.25) is 4.57 Å². The molecule has 2 unspecified atom stereocenters. The third-order valence-electron chi connectivity index (χ3n) is 11.4. The van der Waals surface area contributed by atoms with Crippen LogP contribution in [0.1, 0.15) is 71.4 Å². The molecule has 3 aliphatic heterocycles. The van der Waals surface area contributed by atoms with Gasteiger partial charge in [-0.25, -0.2) is 0 Å². The van der Waals surface area contributed by atoms with Crippen molar-refractivity contribution < 1.29 is 4.74 Å². The Kier molecular flexibility index (Phi) is 4.65. The van der Waals surface area contributed by atoms with Crippen LogP contribution in [0, 0.1) is 0 Å². The summed E-state index contributed by atoms with van der Waals surface area (Å²) in [5, 5.41) is 1.28. The van der Waals surface area contributed by atoms with Crippen LogP contribution in [-0.2, 0) is 10.8 Å². The Morgan fingerprint density at radius 2 is 1.57 bits per heavy atom. The summed E-state index contributed by atoms with van der Waals surface area (Å²) in [6, 6.07) is 31.5. The van der Waals surface area contributed by atoms with Gasteiger partial charge in [0, 0.05) is 27.9 Å². The normalized spacial score (nSPS) is 23.3. The topological polar surface area (TPSA) is 17.4 Å². The summed E-state index contributed by atoms with van der Waals surface area (Å²) in [6.45, 7) is 12.3. The summed E-state index contributed by atoms with van der Waals surface area (Å²) in [5.74, 6) is 1.94. The van der Waals surface area contributed by atoms with E-state index in [0.717, 1.165) is 17.3 Å². The summed E-state index contributed by atoms with van der Waals surface area (Å²) in [4.78, 5) is 2.77. The van der Waals surface area contributed by atoms with Gasteiger partial charge in [-0.2, -0.15) is 0 Å². The number of benzene rings is 4. The Morgan fingerprint density at radius 3 is 2.38 bits per heavy atom. The highest BCUT2D eigenvalue weighted by atomic mass is 16.5. The van der Waals surface area contributed by atoms with Crippen LogP contribution in [0.25, 0.3) is 16.6 Å². The van der Waals surface area contributed by atoms with Gasteiger partial charge in [0.25, 0.3) is 6.71 Å². The van der Waals surface area contributed by atoms with Gasteiger partial charge in [0.2, 0.25) is 5.88 Å². The fourth-order valence-corrected chi connectivity index (χ4v) is 9.01. The number of anilines is 2. The maximum atomic E-state index is 7.05. The monoisotopic (exact) mass is 548 g/mol. The molecule has 0 bridgehead atoms. The molecule has 9 rings (SSSR count). The van der Waals surface area contributed by atoms with Gasteiger partial charge in [0.1, 0.15) is 5.75 Å². The summed E-state index contributed by atoms with van der Waals surface area (Å²) in [7, 11) is 0. The van der Waals surface area contributed by atoms with Gasteiger partial charge in [0.15, 0.2) is 0 Å². The molecule has 0 radical (unpaired) electrons. The van der Waals surface area contributed by atoms with E-state index in [1.54, 1.807) is 5.56 Å². The van der Waals surface area contributed by atoms with Gasteiger partial charge in [0.05, 0.1) is 11.1 Å². The van der Waals surface area contributed by atoms with Crippen LogP contribution in [0.3, 0.4) is 0 Å². The van der Waals surface area contributed by atoms with Crippen LogP contribution in [0.4, 0.5) is 11.4 Å².